The topological polar surface area (TPSA) is 38.8 Å². The van der Waals surface area contributed by atoms with E-state index in [9.17, 15) is 13.0 Å². The van der Waals surface area contributed by atoms with E-state index >= 15 is 0 Å². The average molecular weight is 303 g/mol. The van der Waals surface area contributed by atoms with Crippen LogP contribution in [0.3, 0.4) is 0 Å². The van der Waals surface area contributed by atoms with Gasteiger partial charge in [0.25, 0.3) is 0 Å². The number of halogens is 2. The number of rotatable bonds is 3. The van der Waals surface area contributed by atoms with E-state index in [1.807, 2.05) is 35.2 Å². The summed E-state index contributed by atoms with van der Waals surface area (Å²) in [7, 11) is 0. The molecule has 1 aromatic rings. The normalized spacial score (nSPS) is 34.4. The smallest absolute Gasteiger partial charge is 0.296 e. The molecule has 4 atom stereocenters. The monoisotopic (exact) mass is 303 g/mol. The van der Waals surface area contributed by atoms with E-state index in [1.54, 1.807) is 0 Å². The van der Waals surface area contributed by atoms with Crippen molar-refractivity contribution in [3.63, 3.8) is 0 Å². The van der Waals surface area contributed by atoms with Crippen molar-refractivity contribution >= 4 is 11.4 Å². The quantitative estimate of drug-likeness (QED) is 0.853. The Balaban J connectivity index is 1.73. The van der Waals surface area contributed by atoms with Gasteiger partial charge in [0.2, 0.25) is 6.43 Å². The Labute approximate surface area is 118 Å². The Morgan fingerprint density at radius 2 is 2.00 bits per heavy atom. The van der Waals surface area contributed by atoms with Gasteiger partial charge in [-0.2, -0.15) is 4.21 Å². The molecule has 1 aromatic carbocycles. The first-order valence-electron chi connectivity index (χ1n) is 6.44. The number of hydrogen-bond acceptors (Lipinski definition) is 4. The minimum absolute atomic E-state index is 0.217. The first-order chi connectivity index (χ1) is 9.63. The summed E-state index contributed by atoms with van der Waals surface area (Å²) in [6.07, 6.45) is -3.84. The molecule has 3 rings (SSSR count). The third-order valence-corrected chi connectivity index (χ3v) is 4.44. The van der Waals surface area contributed by atoms with E-state index in [2.05, 4.69) is 0 Å². The second-order valence-electron chi connectivity index (χ2n) is 5.08. The van der Waals surface area contributed by atoms with Crippen molar-refractivity contribution < 1.29 is 21.4 Å². The molecule has 2 aliphatic rings. The number of nitrogens with zero attached hydrogens (tertiary/aromatic N) is 1. The largest absolute Gasteiger partial charge is 0.305 e. The van der Waals surface area contributed by atoms with Gasteiger partial charge >= 0.3 is 11.4 Å². The molecule has 0 amide bonds. The van der Waals surface area contributed by atoms with Crippen molar-refractivity contribution in [2.75, 3.05) is 13.1 Å². The predicted octanol–water partition coefficient (Wildman–Crippen LogP) is 1.75. The van der Waals surface area contributed by atoms with Gasteiger partial charge < -0.3 is 0 Å². The number of hydrogen-bond donors (Lipinski definition) is 0. The molecule has 0 aromatic heterocycles. The Hall–Kier alpha value is -0.890. The van der Waals surface area contributed by atoms with Crippen LogP contribution in [0, 0.1) is 5.92 Å². The van der Waals surface area contributed by atoms with Crippen molar-refractivity contribution in [3.8, 4) is 0 Å². The summed E-state index contributed by atoms with van der Waals surface area (Å²) < 4.78 is 47.6. The van der Waals surface area contributed by atoms with Crippen LogP contribution in [0.25, 0.3) is 0 Å². The summed E-state index contributed by atoms with van der Waals surface area (Å²) in [5.74, 6) is -0.969. The average Bonchev–Trinajstić information content (AvgIpc) is 2.79. The van der Waals surface area contributed by atoms with Gasteiger partial charge in [0.15, 0.2) is 0 Å². The molecule has 0 spiro atoms. The fraction of sp³-hybridized carbons (Fsp3) is 0.538. The zero-order valence-corrected chi connectivity index (χ0v) is 11.5. The van der Waals surface area contributed by atoms with Gasteiger partial charge in [-0.1, -0.05) is 30.3 Å². The second-order valence-corrected chi connectivity index (χ2v) is 5.87. The van der Waals surface area contributed by atoms with Crippen molar-refractivity contribution in [1.82, 2.24) is 4.90 Å². The molecule has 7 heteroatoms. The van der Waals surface area contributed by atoms with E-state index in [-0.39, 0.29) is 6.54 Å². The molecule has 4 nitrogen and oxygen atoms in total. The fourth-order valence-corrected chi connectivity index (χ4v) is 3.60. The lowest BCUT2D eigenvalue weighted by Crippen LogP contribution is -2.52. The zero-order valence-electron chi connectivity index (χ0n) is 10.7. The molecule has 110 valence electrons. The number of alkyl halides is 2. The van der Waals surface area contributed by atoms with Gasteiger partial charge in [-0.3, -0.25) is 13.3 Å². The molecule has 20 heavy (non-hydrogen) atoms. The fourth-order valence-electron chi connectivity index (χ4n) is 2.74. The molecule has 2 fully saturated rings. The molecule has 2 heterocycles. The minimum Gasteiger partial charge on any atom is -0.296 e. The van der Waals surface area contributed by atoms with Crippen molar-refractivity contribution in [1.29, 1.82) is 0 Å². The maximum Gasteiger partial charge on any atom is 0.305 e. The highest BCUT2D eigenvalue weighted by Gasteiger charge is 2.48. The molecule has 1 unspecified atom stereocenters. The van der Waals surface area contributed by atoms with Gasteiger partial charge in [0.05, 0.1) is 5.92 Å². The molecule has 0 N–H and O–H groups in total. The first-order valence-corrected chi connectivity index (χ1v) is 7.44. The van der Waals surface area contributed by atoms with E-state index in [0.29, 0.717) is 13.1 Å². The van der Waals surface area contributed by atoms with E-state index in [0.717, 1.165) is 5.56 Å². The summed E-state index contributed by atoms with van der Waals surface area (Å²) >= 11 is -1.90. The Morgan fingerprint density at radius 1 is 1.25 bits per heavy atom. The maximum atomic E-state index is 13.1. The Bertz CT molecular complexity index is 488. The van der Waals surface area contributed by atoms with Crippen LogP contribution in [-0.2, 0) is 26.3 Å². The van der Waals surface area contributed by atoms with Gasteiger partial charge in [0.1, 0.15) is 12.2 Å². The van der Waals surface area contributed by atoms with Gasteiger partial charge in [-0.15, -0.1) is 0 Å². The number of fused-ring (bicyclic) bond motifs is 1. The summed E-state index contributed by atoms with van der Waals surface area (Å²) in [5, 5.41) is 0. The van der Waals surface area contributed by atoms with E-state index < -0.39 is 35.9 Å². The molecule has 2 saturated heterocycles. The minimum atomic E-state index is -2.51. The molecular weight excluding hydrogens is 288 g/mol. The highest BCUT2D eigenvalue weighted by Crippen LogP contribution is 2.33. The summed E-state index contributed by atoms with van der Waals surface area (Å²) in [6, 6.07) is 9.64. The molecule has 2 aliphatic heterocycles. The van der Waals surface area contributed by atoms with Crippen LogP contribution in [-0.4, -0.2) is 40.8 Å². The van der Waals surface area contributed by atoms with Gasteiger partial charge in [-0.05, 0) is 5.56 Å². The third kappa shape index (κ3) is 2.90. The van der Waals surface area contributed by atoms with Gasteiger partial charge in [-0.25, -0.2) is 8.78 Å². The Morgan fingerprint density at radius 3 is 2.70 bits per heavy atom. The first kappa shape index (κ1) is 14.1. The maximum absolute atomic E-state index is 13.1. The lowest BCUT2D eigenvalue weighted by molar-refractivity contribution is -0.0637. The molecule has 0 radical (unpaired) electrons. The Kier molecular flexibility index (Phi) is 4.11. The summed E-state index contributed by atoms with van der Waals surface area (Å²) in [6.45, 7) is 1.24. The molecule has 0 saturated carbocycles. The van der Waals surface area contributed by atoms with Crippen LogP contribution < -0.4 is 0 Å². The van der Waals surface area contributed by atoms with Crippen molar-refractivity contribution in [3.05, 3.63) is 35.9 Å². The standard InChI is InChI=1S/C13H15F2NO3S/c14-13(15)10-7-16(6-9-4-2-1-3-5-9)8-11-12(10)19-20(17)18-11/h1-5,10-13H,6-8H2/t10-,11+,12+,20?/m0/s1. The van der Waals surface area contributed by atoms with Crippen LogP contribution in [0.1, 0.15) is 5.56 Å². The van der Waals surface area contributed by atoms with Crippen LogP contribution in [0.4, 0.5) is 8.78 Å². The van der Waals surface area contributed by atoms with Crippen LogP contribution in [0.5, 0.6) is 0 Å². The summed E-state index contributed by atoms with van der Waals surface area (Å²) in [5.41, 5.74) is 1.05. The molecular formula is C13H15F2NO3S. The number of benzene rings is 1. The van der Waals surface area contributed by atoms with Crippen LogP contribution in [0.2, 0.25) is 0 Å². The van der Waals surface area contributed by atoms with Crippen LogP contribution in [0.15, 0.2) is 30.3 Å². The van der Waals surface area contributed by atoms with Crippen molar-refractivity contribution in [2.24, 2.45) is 5.92 Å². The number of likely N-dealkylation sites (tertiary alicyclic amines) is 1. The van der Waals surface area contributed by atoms with Crippen molar-refractivity contribution in [2.45, 2.75) is 25.2 Å². The number of piperidine rings is 1. The highest BCUT2D eigenvalue weighted by atomic mass is 32.2. The lowest BCUT2D eigenvalue weighted by atomic mass is 9.92. The van der Waals surface area contributed by atoms with E-state index in [4.69, 9.17) is 8.37 Å². The highest BCUT2D eigenvalue weighted by molar-refractivity contribution is 7.75. The molecule has 0 aliphatic carbocycles. The molecule has 0 bridgehead atoms. The lowest BCUT2D eigenvalue weighted by Gasteiger charge is -2.37. The predicted molar refractivity (Wildman–Crippen MR) is 69.1 cm³/mol. The van der Waals surface area contributed by atoms with Gasteiger partial charge in [0, 0.05) is 19.6 Å². The summed E-state index contributed by atoms with van der Waals surface area (Å²) in [4.78, 5) is 1.90. The van der Waals surface area contributed by atoms with Crippen LogP contribution >= 0.6 is 0 Å². The SMILES string of the molecule is O=S1O[C@@H]2[C@@H](C(F)F)CN(Cc3ccccc3)C[C@H]2O1. The zero-order chi connectivity index (χ0) is 14.1. The van der Waals surface area contributed by atoms with E-state index in [1.165, 1.54) is 0 Å². The second kappa shape index (κ2) is 5.85. The third-order valence-electron chi connectivity index (χ3n) is 3.66.